The first-order chi connectivity index (χ1) is 6.13. The van der Waals surface area contributed by atoms with E-state index in [1.807, 2.05) is 46.3 Å². The number of nitrogens with zero attached hydrogens (tertiary/aromatic N) is 2. The van der Waals surface area contributed by atoms with Crippen molar-refractivity contribution in [1.82, 2.24) is 9.78 Å². The molecule has 0 bridgehead atoms. The van der Waals surface area contributed by atoms with Crippen molar-refractivity contribution < 1.29 is 0 Å². The number of rotatable bonds is 0. The molecule has 0 aromatic carbocycles. The molecule has 0 saturated carbocycles. The van der Waals surface area contributed by atoms with Crippen LogP contribution in [-0.2, 0) is 7.05 Å². The molecule has 1 heterocycles. The van der Waals surface area contributed by atoms with Crippen molar-refractivity contribution in [3.8, 4) is 0 Å². The molecule has 0 N–H and O–H groups in total. The Labute approximate surface area is 83.0 Å². The summed E-state index contributed by atoms with van der Waals surface area (Å²) in [5.74, 6) is 0. The Morgan fingerprint density at radius 2 is 1.31 bits per heavy atom. The van der Waals surface area contributed by atoms with E-state index in [0.717, 1.165) is 5.69 Å². The predicted molar refractivity (Wildman–Crippen MR) is 60.1 cm³/mol. The van der Waals surface area contributed by atoms with E-state index in [1.165, 1.54) is 11.3 Å². The highest BCUT2D eigenvalue weighted by Crippen LogP contribution is 2.08. The average Bonchev–Trinajstić information content (AvgIpc) is 2.40. The van der Waals surface area contributed by atoms with Crippen molar-refractivity contribution >= 4 is 0 Å². The van der Waals surface area contributed by atoms with Crippen molar-refractivity contribution in [2.75, 3.05) is 0 Å². The van der Waals surface area contributed by atoms with Gasteiger partial charge in [0.25, 0.3) is 0 Å². The highest BCUT2D eigenvalue weighted by Gasteiger charge is 2.01. The molecular weight excluding hydrogens is 160 g/mol. The second-order valence-corrected chi connectivity index (χ2v) is 2.42. The minimum Gasteiger partial charge on any atom is -0.272 e. The molecule has 2 nitrogen and oxygen atoms in total. The Bertz CT molecular complexity index is 202. The van der Waals surface area contributed by atoms with Gasteiger partial charge in [-0.25, -0.2) is 0 Å². The van der Waals surface area contributed by atoms with Crippen LogP contribution in [0.4, 0.5) is 0 Å². The van der Waals surface area contributed by atoms with Crippen LogP contribution in [0.2, 0.25) is 0 Å². The highest BCUT2D eigenvalue weighted by molar-refractivity contribution is 5.21. The van der Waals surface area contributed by atoms with Crippen LogP contribution in [0, 0.1) is 20.8 Å². The molecule has 0 amide bonds. The third kappa shape index (κ3) is 4.11. The van der Waals surface area contributed by atoms with Crippen molar-refractivity contribution in [2.45, 2.75) is 48.5 Å². The zero-order valence-corrected chi connectivity index (χ0v) is 10.4. The maximum absolute atomic E-state index is 4.23. The molecule has 0 fully saturated rings. The van der Waals surface area contributed by atoms with Crippen LogP contribution in [0.1, 0.15) is 44.6 Å². The van der Waals surface area contributed by atoms with E-state index in [1.54, 1.807) is 0 Å². The van der Waals surface area contributed by atoms with Gasteiger partial charge in [-0.05, 0) is 26.3 Å². The number of aromatic nitrogens is 2. The predicted octanol–water partition coefficient (Wildman–Crippen LogP) is 3.40. The van der Waals surface area contributed by atoms with Gasteiger partial charge in [0, 0.05) is 12.7 Å². The van der Waals surface area contributed by atoms with Gasteiger partial charge in [0.1, 0.15) is 0 Å². The second kappa shape index (κ2) is 7.84. The fourth-order valence-electron chi connectivity index (χ4n) is 0.880. The van der Waals surface area contributed by atoms with Gasteiger partial charge in [0.05, 0.1) is 5.69 Å². The summed E-state index contributed by atoms with van der Waals surface area (Å²) >= 11 is 0. The zero-order chi connectivity index (χ0) is 11.0. The normalized spacial score (nSPS) is 8.00. The van der Waals surface area contributed by atoms with E-state index in [2.05, 4.69) is 18.9 Å². The van der Waals surface area contributed by atoms with Gasteiger partial charge < -0.3 is 0 Å². The summed E-state index contributed by atoms with van der Waals surface area (Å²) in [5, 5.41) is 4.23. The topological polar surface area (TPSA) is 17.8 Å². The summed E-state index contributed by atoms with van der Waals surface area (Å²) in [5.41, 5.74) is 3.69. The molecule has 13 heavy (non-hydrogen) atoms. The van der Waals surface area contributed by atoms with E-state index < -0.39 is 0 Å². The van der Waals surface area contributed by atoms with Gasteiger partial charge in [0.2, 0.25) is 0 Å². The van der Waals surface area contributed by atoms with Gasteiger partial charge in [0.15, 0.2) is 0 Å². The van der Waals surface area contributed by atoms with Crippen LogP contribution in [0.25, 0.3) is 0 Å². The number of hydrogen-bond donors (Lipinski definition) is 0. The molecule has 0 aliphatic rings. The maximum Gasteiger partial charge on any atom is 0.0625 e. The minimum absolute atomic E-state index is 1.13. The standard InChI is InChI=1S/C7H12N2.2C2H6/c1-5-6(2)8-9(4)7(5)3;2*1-2/h1-4H3;2*1-2H3. The SMILES string of the molecule is CC.CC.Cc1nn(C)c(C)c1C. The van der Waals surface area contributed by atoms with Gasteiger partial charge in [-0.15, -0.1) is 0 Å². The van der Waals surface area contributed by atoms with Crippen molar-refractivity contribution in [3.63, 3.8) is 0 Å². The lowest BCUT2D eigenvalue weighted by atomic mass is 10.2. The molecule has 0 spiro atoms. The smallest absolute Gasteiger partial charge is 0.0625 e. The van der Waals surface area contributed by atoms with Crippen LogP contribution in [0.3, 0.4) is 0 Å². The van der Waals surface area contributed by atoms with Crippen LogP contribution >= 0.6 is 0 Å². The quantitative estimate of drug-likeness (QED) is 0.604. The summed E-state index contributed by atoms with van der Waals surface area (Å²) in [6.07, 6.45) is 0. The Kier molecular flexibility index (Phi) is 8.87. The van der Waals surface area contributed by atoms with E-state index in [4.69, 9.17) is 0 Å². The Morgan fingerprint density at radius 3 is 1.38 bits per heavy atom. The van der Waals surface area contributed by atoms with Gasteiger partial charge in [-0.1, -0.05) is 27.7 Å². The monoisotopic (exact) mass is 184 g/mol. The largest absolute Gasteiger partial charge is 0.272 e. The molecule has 1 aromatic rings. The first kappa shape index (κ1) is 14.7. The first-order valence-electron chi connectivity index (χ1n) is 5.09. The van der Waals surface area contributed by atoms with Crippen LogP contribution in [-0.4, -0.2) is 9.78 Å². The lowest BCUT2D eigenvalue weighted by molar-refractivity contribution is 0.730. The van der Waals surface area contributed by atoms with Gasteiger partial charge in [-0.3, -0.25) is 4.68 Å². The molecule has 0 unspecified atom stereocenters. The zero-order valence-electron chi connectivity index (χ0n) is 10.4. The van der Waals surface area contributed by atoms with Crippen molar-refractivity contribution in [2.24, 2.45) is 7.05 Å². The fraction of sp³-hybridized carbons (Fsp3) is 0.727. The molecule has 0 aliphatic heterocycles. The van der Waals surface area contributed by atoms with Crippen LogP contribution < -0.4 is 0 Å². The van der Waals surface area contributed by atoms with E-state index >= 15 is 0 Å². The van der Waals surface area contributed by atoms with Crippen molar-refractivity contribution in [1.29, 1.82) is 0 Å². The number of aryl methyl sites for hydroxylation is 2. The molecule has 1 rings (SSSR count). The summed E-state index contributed by atoms with van der Waals surface area (Å²) in [7, 11) is 1.97. The molecule has 0 atom stereocenters. The third-order valence-electron chi connectivity index (χ3n) is 1.87. The van der Waals surface area contributed by atoms with E-state index in [0.29, 0.717) is 0 Å². The maximum atomic E-state index is 4.23. The summed E-state index contributed by atoms with van der Waals surface area (Å²) in [6, 6.07) is 0. The summed E-state index contributed by atoms with van der Waals surface area (Å²) in [4.78, 5) is 0. The Balaban J connectivity index is 0. The summed E-state index contributed by atoms with van der Waals surface area (Å²) < 4.78 is 1.91. The lowest BCUT2D eigenvalue weighted by Gasteiger charge is -1.90. The third-order valence-corrected chi connectivity index (χ3v) is 1.87. The molecule has 78 valence electrons. The Hall–Kier alpha value is -0.790. The highest BCUT2D eigenvalue weighted by atomic mass is 15.3. The molecule has 0 aliphatic carbocycles. The van der Waals surface area contributed by atoms with Gasteiger partial charge >= 0.3 is 0 Å². The molecule has 2 heteroatoms. The molecule has 0 radical (unpaired) electrons. The molecule has 1 aromatic heterocycles. The first-order valence-corrected chi connectivity index (χ1v) is 5.09. The van der Waals surface area contributed by atoms with Crippen molar-refractivity contribution in [3.05, 3.63) is 17.0 Å². The van der Waals surface area contributed by atoms with E-state index in [9.17, 15) is 0 Å². The molecule has 0 saturated heterocycles. The van der Waals surface area contributed by atoms with Crippen LogP contribution in [0.15, 0.2) is 0 Å². The lowest BCUT2D eigenvalue weighted by Crippen LogP contribution is -1.92. The Morgan fingerprint density at radius 1 is 0.923 bits per heavy atom. The minimum atomic E-state index is 1.13. The summed E-state index contributed by atoms with van der Waals surface area (Å²) in [6.45, 7) is 14.2. The average molecular weight is 184 g/mol. The van der Waals surface area contributed by atoms with E-state index in [-0.39, 0.29) is 0 Å². The van der Waals surface area contributed by atoms with Gasteiger partial charge in [-0.2, -0.15) is 5.10 Å². The molecular formula is C11H24N2. The second-order valence-electron chi connectivity index (χ2n) is 2.42. The fourth-order valence-corrected chi connectivity index (χ4v) is 0.880. The number of hydrogen-bond acceptors (Lipinski definition) is 1. The van der Waals surface area contributed by atoms with Crippen LogP contribution in [0.5, 0.6) is 0 Å².